The van der Waals surface area contributed by atoms with E-state index in [1.807, 2.05) is 0 Å². The van der Waals surface area contributed by atoms with Crippen LogP contribution < -0.4 is 0 Å². The van der Waals surface area contributed by atoms with Crippen molar-refractivity contribution in [2.45, 2.75) is 34.6 Å². The molecule has 1 aliphatic carbocycles. The van der Waals surface area contributed by atoms with E-state index in [-0.39, 0.29) is 6.26 Å². The van der Waals surface area contributed by atoms with Crippen molar-refractivity contribution in [3.63, 3.8) is 0 Å². The van der Waals surface area contributed by atoms with Gasteiger partial charge in [-0.05, 0) is 6.26 Å². The van der Waals surface area contributed by atoms with Gasteiger partial charge < -0.3 is 0 Å². The highest BCUT2D eigenvalue weighted by Gasteiger charge is 3.01. The first-order chi connectivity index (χ1) is 8.06. The molecule has 19 heavy (non-hydrogen) atoms. The standard InChI is InChI=1S/C7H3F11S/c1-19-7(18)5(14,15)3(10,11)2(8,9)4(12,13)6(7,16)17/h1H3. The summed E-state index contributed by atoms with van der Waals surface area (Å²) < 4.78 is 141. The summed E-state index contributed by atoms with van der Waals surface area (Å²) in [5.74, 6) is -34.5. The van der Waals surface area contributed by atoms with Crippen LogP contribution >= 0.6 is 11.8 Å². The molecule has 0 heterocycles. The first-order valence-corrected chi connectivity index (χ1v) is 5.42. The number of hydrogen-bond acceptors (Lipinski definition) is 1. The van der Waals surface area contributed by atoms with Crippen LogP contribution in [-0.2, 0) is 0 Å². The van der Waals surface area contributed by atoms with E-state index >= 15 is 0 Å². The van der Waals surface area contributed by atoms with Gasteiger partial charge in [0.15, 0.2) is 0 Å². The highest BCUT2D eigenvalue weighted by atomic mass is 32.2. The molecule has 0 radical (unpaired) electrons. The maximum absolute atomic E-state index is 13.4. The van der Waals surface area contributed by atoms with Crippen LogP contribution in [0.1, 0.15) is 0 Å². The second-order valence-corrected chi connectivity index (χ2v) is 4.64. The van der Waals surface area contributed by atoms with Crippen molar-refractivity contribution >= 4 is 11.8 Å². The van der Waals surface area contributed by atoms with E-state index in [4.69, 9.17) is 0 Å². The molecule has 12 heteroatoms. The van der Waals surface area contributed by atoms with E-state index in [9.17, 15) is 48.3 Å². The van der Waals surface area contributed by atoms with Crippen LogP contribution in [-0.4, -0.2) is 40.9 Å². The van der Waals surface area contributed by atoms with Crippen LogP contribution in [0.3, 0.4) is 0 Å². The quantitative estimate of drug-likeness (QED) is 0.650. The van der Waals surface area contributed by atoms with E-state index in [0.29, 0.717) is 0 Å². The first kappa shape index (κ1) is 16.6. The molecule has 0 amide bonds. The normalized spacial score (nSPS) is 32.8. The Hall–Kier alpha value is -0.420. The van der Waals surface area contributed by atoms with Crippen LogP contribution in [0.4, 0.5) is 48.3 Å². The Morgan fingerprint density at radius 2 is 0.684 bits per heavy atom. The van der Waals surface area contributed by atoms with Crippen molar-refractivity contribution in [2.75, 3.05) is 6.26 Å². The highest BCUT2D eigenvalue weighted by Crippen LogP contribution is 2.71. The van der Waals surface area contributed by atoms with Crippen molar-refractivity contribution in [1.82, 2.24) is 0 Å². The third-order valence-corrected chi connectivity index (χ3v) is 3.74. The van der Waals surface area contributed by atoms with Gasteiger partial charge in [0.05, 0.1) is 0 Å². The van der Waals surface area contributed by atoms with Crippen LogP contribution in [0.15, 0.2) is 0 Å². The Balaban J connectivity index is 3.76. The number of hydrogen-bond donors (Lipinski definition) is 0. The van der Waals surface area contributed by atoms with Gasteiger partial charge in [0.25, 0.3) is 5.00 Å². The summed E-state index contributed by atoms with van der Waals surface area (Å²) in [6.07, 6.45) is 0.0530. The predicted molar refractivity (Wildman–Crippen MR) is 42.1 cm³/mol. The molecule has 1 aliphatic rings. The largest absolute Gasteiger partial charge is 0.384 e. The topological polar surface area (TPSA) is 0 Å². The molecule has 0 aliphatic heterocycles. The van der Waals surface area contributed by atoms with Gasteiger partial charge in [-0.3, -0.25) is 0 Å². The minimum atomic E-state index is -7.13. The average molecular weight is 328 g/mol. The SMILES string of the molecule is CSC1(F)C(F)(F)C(F)(F)C(F)(F)C(F)(F)C1(F)F. The molecule has 0 unspecified atom stereocenters. The van der Waals surface area contributed by atoms with Gasteiger partial charge in [0.1, 0.15) is 0 Å². The first-order valence-electron chi connectivity index (χ1n) is 4.19. The number of rotatable bonds is 1. The Morgan fingerprint density at radius 1 is 0.474 bits per heavy atom. The zero-order valence-corrected chi connectivity index (χ0v) is 9.38. The molecule has 0 aromatic rings. The third kappa shape index (κ3) is 1.33. The monoisotopic (exact) mass is 328 g/mol. The number of alkyl halides is 11. The lowest BCUT2D eigenvalue weighted by atomic mass is 9.81. The molecule has 1 saturated carbocycles. The van der Waals surface area contributed by atoms with E-state index in [1.165, 1.54) is 0 Å². The fourth-order valence-electron chi connectivity index (χ4n) is 1.45. The molecule has 1 fully saturated rings. The van der Waals surface area contributed by atoms with E-state index in [1.54, 1.807) is 0 Å². The van der Waals surface area contributed by atoms with Crippen LogP contribution in [0, 0.1) is 0 Å². The number of thioether (sulfide) groups is 1. The summed E-state index contributed by atoms with van der Waals surface area (Å²) in [5, 5.41) is -5.89. The Labute approximate surface area is 102 Å². The molecule has 0 bridgehead atoms. The molecule has 0 aromatic carbocycles. The lowest BCUT2D eigenvalue weighted by Crippen LogP contribution is -2.82. The van der Waals surface area contributed by atoms with Crippen molar-refractivity contribution in [3.05, 3.63) is 0 Å². The lowest BCUT2D eigenvalue weighted by Gasteiger charge is -2.51. The zero-order chi connectivity index (χ0) is 15.7. The minimum absolute atomic E-state index is 0.0530. The summed E-state index contributed by atoms with van der Waals surface area (Å²) in [5.41, 5.74) is 0. The van der Waals surface area contributed by atoms with Gasteiger partial charge in [-0.25, -0.2) is 4.39 Å². The molecule has 0 aromatic heterocycles. The molecule has 0 N–H and O–H groups in total. The number of halogens is 11. The van der Waals surface area contributed by atoms with Gasteiger partial charge in [-0.1, -0.05) is 0 Å². The summed E-state index contributed by atoms with van der Waals surface area (Å²) in [6.45, 7) is 0. The van der Waals surface area contributed by atoms with Gasteiger partial charge in [-0.15, -0.1) is 11.8 Å². The zero-order valence-electron chi connectivity index (χ0n) is 8.57. The van der Waals surface area contributed by atoms with Gasteiger partial charge in [0.2, 0.25) is 0 Å². The smallest absolute Gasteiger partial charge is 0.218 e. The fourth-order valence-corrected chi connectivity index (χ4v) is 2.22. The predicted octanol–water partition coefficient (Wildman–Crippen LogP) is 4.21. The molecule has 0 atom stereocenters. The second kappa shape index (κ2) is 3.61. The summed E-state index contributed by atoms with van der Waals surface area (Å²) >= 11 is -1.39. The van der Waals surface area contributed by atoms with Crippen molar-refractivity contribution in [1.29, 1.82) is 0 Å². The summed E-state index contributed by atoms with van der Waals surface area (Å²) in [6, 6.07) is 0. The average Bonchev–Trinajstić information content (AvgIpc) is 2.24. The van der Waals surface area contributed by atoms with Crippen molar-refractivity contribution < 1.29 is 48.3 Å². The lowest BCUT2D eigenvalue weighted by molar-refractivity contribution is -0.468. The molecule has 1 rings (SSSR count). The molecular formula is C7H3F11S. The van der Waals surface area contributed by atoms with Crippen LogP contribution in [0.2, 0.25) is 0 Å². The molecule has 0 spiro atoms. The van der Waals surface area contributed by atoms with E-state index in [0.717, 1.165) is 0 Å². The molecular weight excluding hydrogens is 325 g/mol. The van der Waals surface area contributed by atoms with Crippen molar-refractivity contribution in [3.8, 4) is 0 Å². The van der Waals surface area contributed by atoms with Gasteiger partial charge in [0, 0.05) is 0 Å². The van der Waals surface area contributed by atoms with E-state index < -0.39 is 46.4 Å². The van der Waals surface area contributed by atoms with Crippen molar-refractivity contribution in [2.24, 2.45) is 0 Å². The minimum Gasteiger partial charge on any atom is -0.218 e. The van der Waals surface area contributed by atoms with E-state index in [2.05, 4.69) is 0 Å². The maximum Gasteiger partial charge on any atom is 0.384 e. The Morgan fingerprint density at radius 3 is 0.895 bits per heavy atom. The maximum atomic E-state index is 13.4. The third-order valence-electron chi connectivity index (χ3n) is 2.67. The molecule has 0 nitrogen and oxygen atoms in total. The Kier molecular flexibility index (Phi) is 3.16. The van der Waals surface area contributed by atoms with Gasteiger partial charge >= 0.3 is 29.6 Å². The van der Waals surface area contributed by atoms with Crippen LogP contribution in [0.25, 0.3) is 0 Å². The van der Waals surface area contributed by atoms with Crippen LogP contribution in [0.5, 0.6) is 0 Å². The Bertz CT molecular complexity index is 357. The molecule has 114 valence electrons. The van der Waals surface area contributed by atoms with Gasteiger partial charge in [-0.2, -0.15) is 43.9 Å². The summed E-state index contributed by atoms with van der Waals surface area (Å²) in [4.78, 5) is 0. The highest BCUT2D eigenvalue weighted by molar-refractivity contribution is 8.00. The fraction of sp³-hybridized carbons (Fsp3) is 1.00. The molecule has 0 saturated heterocycles. The second-order valence-electron chi connectivity index (χ2n) is 3.67. The summed E-state index contributed by atoms with van der Waals surface area (Å²) in [7, 11) is 0.